The summed E-state index contributed by atoms with van der Waals surface area (Å²) in [5.41, 5.74) is 3.49. The van der Waals surface area contributed by atoms with Crippen molar-refractivity contribution in [2.75, 3.05) is 0 Å². The van der Waals surface area contributed by atoms with Gasteiger partial charge in [0.25, 0.3) is 0 Å². The first-order valence-electron chi connectivity index (χ1n) is 11.3. The normalized spacial score (nSPS) is 33.6. The molecule has 0 amide bonds. The van der Waals surface area contributed by atoms with Gasteiger partial charge in [0.05, 0.1) is 10.0 Å². The van der Waals surface area contributed by atoms with Crippen molar-refractivity contribution in [2.45, 2.75) is 71.1 Å². The van der Waals surface area contributed by atoms with Crippen LogP contribution in [0.1, 0.15) is 63.5 Å². The van der Waals surface area contributed by atoms with Crippen LogP contribution in [0.2, 0.25) is 10.0 Å². The monoisotopic (exact) mass is 521 g/mol. The zero-order chi connectivity index (χ0) is 21.9. The Hall–Kier alpha value is -0.740. The lowest BCUT2D eigenvalue weighted by molar-refractivity contribution is -0.118. The number of nitrogens with one attached hydrogen (secondary N) is 1. The van der Waals surface area contributed by atoms with E-state index in [1.54, 1.807) is 0 Å². The summed E-state index contributed by atoms with van der Waals surface area (Å²) in [6, 6.07) is 11.9. The smallest absolute Gasteiger partial charge is 0.124 e. The second kappa shape index (κ2) is 7.94. The van der Waals surface area contributed by atoms with Crippen LogP contribution in [-0.4, -0.2) is 5.54 Å². The predicted octanol–water partition coefficient (Wildman–Crippen LogP) is 8.17. The maximum atomic E-state index is 6.22. The van der Waals surface area contributed by atoms with Gasteiger partial charge in [-0.3, -0.25) is 0 Å². The molecular weight excluding hydrogens is 493 g/mol. The molecule has 1 N–H and O–H groups in total. The van der Waals surface area contributed by atoms with E-state index in [1.165, 1.54) is 44.1 Å². The average Bonchev–Trinajstić information content (AvgIpc) is 2.65. The van der Waals surface area contributed by atoms with Crippen molar-refractivity contribution in [2.24, 2.45) is 16.7 Å². The van der Waals surface area contributed by atoms with Crippen LogP contribution in [0.4, 0.5) is 0 Å². The number of hydrogen-bond acceptors (Lipinski definition) is 2. The van der Waals surface area contributed by atoms with Gasteiger partial charge < -0.3 is 10.1 Å². The van der Waals surface area contributed by atoms with Gasteiger partial charge in [-0.05, 0) is 91.2 Å². The van der Waals surface area contributed by atoms with Crippen molar-refractivity contribution in [1.29, 1.82) is 0 Å². The molecule has 31 heavy (non-hydrogen) atoms. The molecule has 2 aromatic rings. The highest BCUT2D eigenvalue weighted by Gasteiger charge is 2.59. The maximum absolute atomic E-state index is 6.22. The highest BCUT2D eigenvalue weighted by atomic mass is 79.9. The van der Waals surface area contributed by atoms with Crippen molar-refractivity contribution in [1.82, 2.24) is 5.32 Å². The molecule has 0 spiro atoms. The Balaban J connectivity index is 1.32. The minimum absolute atomic E-state index is 0.270. The van der Waals surface area contributed by atoms with E-state index in [9.17, 15) is 0 Å². The lowest BCUT2D eigenvalue weighted by atomic mass is 9.43. The van der Waals surface area contributed by atoms with Gasteiger partial charge in [0, 0.05) is 22.1 Å². The molecule has 4 aliphatic rings. The molecule has 2 aromatic carbocycles. The summed E-state index contributed by atoms with van der Waals surface area (Å²) < 4.78 is 7.30. The highest BCUT2D eigenvalue weighted by molar-refractivity contribution is 9.10. The topological polar surface area (TPSA) is 21.3 Å². The Morgan fingerprint density at radius 2 is 1.71 bits per heavy atom. The van der Waals surface area contributed by atoms with E-state index < -0.39 is 0 Å². The van der Waals surface area contributed by atoms with E-state index in [4.69, 9.17) is 27.9 Å². The minimum atomic E-state index is 0.270. The van der Waals surface area contributed by atoms with Gasteiger partial charge >= 0.3 is 0 Å². The third-order valence-corrected chi connectivity index (χ3v) is 8.91. The summed E-state index contributed by atoms with van der Waals surface area (Å²) in [6.45, 7) is 6.35. The predicted molar refractivity (Wildman–Crippen MR) is 132 cm³/mol. The highest BCUT2D eigenvalue weighted by Crippen LogP contribution is 2.66. The van der Waals surface area contributed by atoms with Crippen LogP contribution in [0.3, 0.4) is 0 Å². The average molecular weight is 523 g/mol. The molecular formula is C26H30BrCl2NO. The molecule has 4 saturated carbocycles. The van der Waals surface area contributed by atoms with Crippen molar-refractivity contribution in [3.8, 4) is 5.75 Å². The molecule has 0 aliphatic heterocycles. The largest absolute Gasteiger partial charge is 0.489 e. The molecule has 4 aliphatic carbocycles. The van der Waals surface area contributed by atoms with Crippen LogP contribution < -0.4 is 10.1 Å². The lowest BCUT2D eigenvalue weighted by Gasteiger charge is -2.65. The fourth-order valence-corrected chi connectivity index (χ4v) is 8.27. The molecule has 5 heteroatoms. The van der Waals surface area contributed by atoms with Crippen molar-refractivity contribution < 1.29 is 4.74 Å². The van der Waals surface area contributed by atoms with Crippen molar-refractivity contribution in [3.63, 3.8) is 0 Å². The molecule has 0 heterocycles. The molecule has 0 aromatic heterocycles. The van der Waals surface area contributed by atoms with Crippen LogP contribution in [0.25, 0.3) is 0 Å². The third-order valence-electron chi connectivity index (χ3n) is 7.68. The summed E-state index contributed by atoms with van der Waals surface area (Å²) in [5, 5.41) is 5.16. The molecule has 0 radical (unpaired) electrons. The van der Waals surface area contributed by atoms with Gasteiger partial charge in [0.2, 0.25) is 0 Å². The van der Waals surface area contributed by atoms with E-state index in [-0.39, 0.29) is 5.54 Å². The standard InChI is InChI=1S/C26H30BrCl2NO/c1-24-9-18-10-25(2,14-24)16-26(11-18,15-24)30-12-19-8-20(27)4-6-23(19)31-13-17-3-5-21(28)22(29)7-17/h3-8,18,30H,9-16H2,1-2H3/t18?,24-,25+,26?. The number of hydrogen-bond donors (Lipinski definition) is 1. The Labute approximate surface area is 204 Å². The molecule has 2 unspecified atom stereocenters. The quantitative estimate of drug-likeness (QED) is 0.413. The zero-order valence-corrected chi connectivity index (χ0v) is 21.3. The fourth-order valence-electron chi connectivity index (χ4n) is 7.55. The zero-order valence-electron chi connectivity index (χ0n) is 18.2. The second-order valence-corrected chi connectivity index (χ2v) is 12.8. The first-order valence-corrected chi connectivity index (χ1v) is 12.8. The molecule has 2 nitrogen and oxygen atoms in total. The summed E-state index contributed by atoms with van der Waals surface area (Å²) in [4.78, 5) is 0. The second-order valence-electron chi connectivity index (χ2n) is 11.1. The Morgan fingerprint density at radius 1 is 0.968 bits per heavy atom. The lowest BCUT2D eigenvalue weighted by Crippen LogP contribution is -2.63. The van der Waals surface area contributed by atoms with Gasteiger partial charge in [-0.15, -0.1) is 0 Å². The van der Waals surface area contributed by atoms with Crippen LogP contribution in [0, 0.1) is 16.7 Å². The molecule has 4 atom stereocenters. The molecule has 4 fully saturated rings. The Morgan fingerprint density at radius 3 is 2.39 bits per heavy atom. The van der Waals surface area contributed by atoms with Crippen molar-refractivity contribution in [3.05, 3.63) is 62.0 Å². The van der Waals surface area contributed by atoms with Gasteiger partial charge in [-0.25, -0.2) is 0 Å². The molecule has 4 bridgehead atoms. The Kier molecular flexibility index (Phi) is 5.65. The first kappa shape index (κ1) is 22.1. The number of ether oxygens (including phenoxy) is 1. The van der Waals surface area contributed by atoms with Gasteiger partial charge in [0.1, 0.15) is 12.4 Å². The Bertz CT molecular complexity index is 991. The number of benzene rings is 2. The molecule has 6 rings (SSSR count). The summed E-state index contributed by atoms with van der Waals surface area (Å²) in [6.07, 6.45) is 8.17. The van der Waals surface area contributed by atoms with E-state index in [0.29, 0.717) is 27.5 Å². The number of rotatable bonds is 6. The maximum Gasteiger partial charge on any atom is 0.124 e. The summed E-state index contributed by atoms with van der Waals surface area (Å²) in [5.74, 6) is 1.80. The summed E-state index contributed by atoms with van der Waals surface area (Å²) >= 11 is 15.9. The van der Waals surface area contributed by atoms with E-state index >= 15 is 0 Å². The first-order chi connectivity index (χ1) is 14.6. The van der Waals surface area contributed by atoms with Crippen molar-refractivity contribution >= 4 is 39.1 Å². The number of halogens is 3. The van der Waals surface area contributed by atoms with Gasteiger partial charge in [0.15, 0.2) is 0 Å². The van der Waals surface area contributed by atoms with E-state index in [2.05, 4.69) is 47.2 Å². The SMILES string of the molecule is C[C@]12CC3CC(NCc4cc(Br)ccc4OCc4ccc(Cl)c(Cl)c4)(C1)C[C@@](C)(C3)C2. The summed E-state index contributed by atoms with van der Waals surface area (Å²) in [7, 11) is 0. The van der Waals surface area contributed by atoms with Gasteiger partial charge in [-0.2, -0.15) is 0 Å². The van der Waals surface area contributed by atoms with E-state index in [1.807, 2.05) is 24.3 Å². The van der Waals surface area contributed by atoms with Gasteiger partial charge in [-0.1, -0.05) is 59.0 Å². The van der Waals surface area contributed by atoms with E-state index in [0.717, 1.165) is 28.2 Å². The van der Waals surface area contributed by atoms with Crippen LogP contribution in [-0.2, 0) is 13.2 Å². The molecule has 166 valence electrons. The van der Waals surface area contributed by atoms with Crippen LogP contribution in [0.5, 0.6) is 5.75 Å². The molecule has 0 saturated heterocycles. The third kappa shape index (κ3) is 4.53. The fraction of sp³-hybridized carbons (Fsp3) is 0.538. The van der Waals surface area contributed by atoms with Crippen LogP contribution in [0.15, 0.2) is 40.9 Å². The minimum Gasteiger partial charge on any atom is -0.489 e. The van der Waals surface area contributed by atoms with Crippen LogP contribution >= 0.6 is 39.1 Å².